The average molecular weight is 301 g/mol. The van der Waals surface area contributed by atoms with Gasteiger partial charge in [-0.15, -0.1) is 0 Å². The fourth-order valence-corrected chi connectivity index (χ4v) is 2.63. The molecule has 2 N–H and O–H groups in total. The number of carbonyl (C=O) groups excluding carboxylic acids is 1. The molecule has 3 rings (SSSR count). The number of hydrogen-bond donors (Lipinski definition) is 2. The molecule has 2 aromatic heterocycles. The maximum Gasteiger partial charge on any atom is 0.272 e. The van der Waals surface area contributed by atoms with Crippen LogP contribution in [0.1, 0.15) is 53.1 Å². The highest BCUT2D eigenvalue weighted by atomic mass is 16.5. The minimum atomic E-state index is -0.207. The fraction of sp³-hybridized carbons (Fsp3) is 0.467. The number of hydrogen-bond acceptors (Lipinski definition) is 5. The Morgan fingerprint density at radius 2 is 2.23 bits per heavy atom. The lowest BCUT2D eigenvalue weighted by atomic mass is 9.99. The lowest BCUT2D eigenvalue weighted by Gasteiger charge is -2.25. The molecule has 0 fully saturated rings. The van der Waals surface area contributed by atoms with Gasteiger partial charge in [0.05, 0.1) is 42.0 Å². The summed E-state index contributed by atoms with van der Waals surface area (Å²) in [4.78, 5) is 20.7. The number of amides is 1. The Kier molecular flexibility index (Phi) is 3.89. The molecular weight excluding hydrogens is 282 g/mol. The Bertz CT molecular complexity index is 680. The van der Waals surface area contributed by atoms with Crippen molar-refractivity contribution in [1.29, 1.82) is 0 Å². The average Bonchev–Trinajstić information content (AvgIpc) is 2.90. The van der Waals surface area contributed by atoms with E-state index >= 15 is 0 Å². The van der Waals surface area contributed by atoms with E-state index in [2.05, 4.69) is 25.5 Å². The van der Waals surface area contributed by atoms with E-state index in [4.69, 9.17) is 4.74 Å². The normalized spacial score (nSPS) is 20.5. The number of nitrogens with zero attached hydrogens (tertiary/aromatic N) is 3. The largest absolute Gasteiger partial charge is 0.369 e. The summed E-state index contributed by atoms with van der Waals surface area (Å²) in [6.45, 7) is 6.15. The molecule has 0 spiro atoms. The number of nitrogens with one attached hydrogen (secondary N) is 2. The fourth-order valence-electron chi connectivity index (χ4n) is 2.63. The minimum Gasteiger partial charge on any atom is -0.369 e. The standard InChI is InChI=1S/C15H19N5O2/c1-8-5-17-11(6-16-8)7-18-15(21)14-12-4-9(2)22-10(3)13(12)19-20-14/h5-6,9-10H,4,7H2,1-3H3,(H,18,21)(H,19,20)/t9-,10+/m1/s1. The first kappa shape index (κ1) is 14.6. The lowest BCUT2D eigenvalue weighted by Crippen LogP contribution is -2.27. The molecule has 7 heteroatoms. The Labute approximate surface area is 128 Å². The number of carbonyl (C=O) groups is 1. The van der Waals surface area contributed by atoms with Gasteiger partial charge in [-0.25, -0.2) is 0 Å². The zero-order chi connectivity index (χ0) is 15.7. The third-order valence-corrected chi connectivity index (χ3v) is 3.71. The summed E-state index contributed by atoms with van der Waals surface area (Å²) < 4.78 is 5.72. The Balaban J connectivity index is 1.72. The number of aryl methyl sites for hydroxylation is 1. The van der Waals surface area contributed by atoms with Crippen molar-refractivity contribution in [2.45, 2.75) is 45.9 Å². The summed E-state index contributed by atoms with van der Waals surface area (Å²) >= 11 is 0. The minimum absolute atomic E-state index is 0.0734. The van der Waals surface area contributed by atoms with Gasteiger partial charge in [-0.1, -0.05) is 0 Å². The van der Waals surface area contributed by atoms with E-state index in [1.54, 1.807) is 12.4 Å². The number of rotatable bonds is 3. The third-order valence-electron chi connectivity index (χ3n) is 3.71. The second kappa shape index (κ2) is 5.84. The first-order valence-electron chi connectivity index (χ1n) is 7.33. The topological polar surface area (TPSA) is 92.8 Å². The van der Waals surface area contributed by atoms with Crippen molar-refractivity contribution >= 4 is 5.91 Å². The van der Waals surface area contributed by atoms with Crippen LogP contribution in [-0.4, -0.2) is 32.2 Å². The van der Waals surface area contributed by atoms with Crippen LogP contribution in [0.15, 0.2) is 12.4 Å². The molecule has 116 valence electrons. The van der Waals surface area contributed by atoms with Gasteiger partial charge >= 0.3 is 0 Å². The molecule has 0 saturated heterocycles. The van der Waals surface area contributed by atoms with Crippen molar-refractivity contribution in [3.8, 4) is 0 Å². The molecule has 1 aliphatic heterocycles. The second-order valence-corrected chi connectivity index (χ2v) is 5.59. The van der Waals surface area contributed by atoms with Gasteiger partial charge in [-0.2, -0.15) is 5.10 Å². The molecule has 3 heterocycles. The molecule has 0 saturated carbocycles. The van der Waals surface area contributed by atoms with Crippen LogP contribution in [0, 0.1) is 6.92 Å². The molecule has 2 aromatic rings. The van der Waals surface area contributed by atoms with Crippen LogP contribution >= 0.6 is 0 Å². The van der Waals surface area contributed by atoms with Crippen molar-refractivity contribution in [3.63, 3.8) is 0 Å². The monoisotopic (exact) mass is 301 g/mol. The van der Waals surface area contributed by atoms with Crippen molar-refractivity contribution in [2.24, 2.45) is 0 Å². The highest BCUT2D eigenvalue weighted by Crippen LogP contribution is 2.29. The van der Waals surface area contributed by atoms with E-state index in [0.29, 0.717) is 24.4 Å². The van der Waals surface area contributed by atoms with Crippen LogP contribution in [0.2, 0.25) is 0 Å². The van der Waals surface area contributed by atoms with Crippen LogP contribution in [0.4, 0.5) is 0 Å². The van der Waals surface area contributed by atoms with E-state index in [-0.39, 0.29) is 18.1 Å². The van der Waals surface area contributed by atoms with Crippen LogP contribution in [0.25, 0.3) is 0 Å². The van der Waals surface area contributed by atoms with Gasteiger partial charge in [0, 0.05) is 18.2 Å². The summed E-state index contributed by atoms with van der Waals surface area (Å²) in [5.41, 5.74) is 3.84. The zero-order valence-electron chi connectivity index (χ0n) is 12.9. The first-order chi connectivity index (χ1) is 10.5. The molecule has 22 heavy (non-hydrogen) atoms. The molecule has 1 aliphatic rings. The summed E-state index contributed by atoms with van der Waals surface area (Å²) in [5, 5.41) is 9.91. The summed E-state index contributed by atoms with van der Waals surface area (Å²) in [6.07, 6.45) is 4.03. The molecule has 0 radical (unpaired) electrons. The van der Waals surface area contributed by atoms with Crippen LogP contribution in [0.5, 0.6) is 0 Å². The van der Waals surface area contributed by atoms with E-state index in [0.717, 1.165) is 17.0 Å². The summed E-state index contributed by atoms with van der Waals surface area (Å²) in [5.74, 6) is -0.207. The Hall–Kier alpha value is -2.28. The Morgan fingerprint density at radius 1 is 1.41 bits per heavy atom. The predicted molar refractivity (Wildman–Crippen MR) is 79.2 cm³/mol. The van der Waals surface area contributed by atoms with Crippen molar-refractivity contribution in [2.75, 3.05) is 0 Å². The second-order valence-electron chi connectivity index (χ2n) is 5.59. The van der Waals surface area contributed by atoms with Crippen LogP contribution in [-0.2, 0) is 17.7 Å². The molecular formula is C15H19N5O2. The number of aromatic nitrogens is 4. The molecule has 0 bridgehead atoms. The number of aromatic amines is 1. The van der Waals surface area contributed by atoms with Crippen LogP contribution in [0.3, 0.4) is 0 Å². The number of ether oxygens (including phenoxy) is 1. The van der Waals surface area contributed by atoms with E-state index in [1.807, 2.05) is 20.8 Å². The van der Waals surface area contributed by atoms with Gasteiger partial charge in [-0.05, 0) is 20.8 Å². The summed E-state index contributed by atoms with van der Waals surface area (Å²) in [6, 6.07) is 0. The summed E-state index contributed by atoms with van der Waals surface area (Å²) in [7, 11) is 0. The van der Waals surface area contributed by atoms with Gasteiger partial charge in [0.25, 0.3) is 5.91 Å². The maximum absolute atomic E-state index is 12.3. The first-order valence-corrected chi connectivity index (χ1v) is 7.33. The van der Waals surface area contributed by atoms with E-state index in [1.165, 1.54) is 0 Å². The lowest BCUT2D eigenvalue weighted by molar-refractivity contribution is -0.00697. The highest BCUT2D eigenvalue weighted by Gasteiger charge is 2.29. The van der Waals surface area contributed by atoms with Crippen molar-refractivity contribution in [3.05, 3.63) is 40.7 Å². The van der Waals surface area contributed by atoms with Gasteiger partial charge in [0.1, 0.15) is 0 Å². The van der Waals surface area contributed by atoms with E-state index in [9.17, 15) is 4.79 Å². The molecule has 0 aromatic carbocycles. The molecule has 1 amide bonds. The number of H-pyrrole nitrogens is 1. The van der Waals surface area contributed by atoms with Gasteiger partial charge in [0.2, 0.25) is 0 Å². The molecule has 2 atom stereocenters. The van der Waals surface area contributed by atoms with Gasteiger partial charge in [0.15, 0.2) is 5.69 Å². The predicted octanol–water partition coefficient (Wildman–Crippen LogP) is 1.46. The zero-order valence-corrected chi connectivity index (χ0v) is 12.9. The molecule has 0 aliphatic carbocycles. The van der Waals surface area contributed by atoms with E-state index < -0.39 is 0 Å². The SMILES string of the molecule is Cc1cnc(CNC(=O)c2n[nH]c3c2C[C@@H](C)O[C@H]3C)cn1. The van der Waals surface area contributed by atoms with Gasteiger partial charge in [-0.3, -0.25) is 19.9 Å². The van der Waals surface area contributed by atoms with Crippen molar-refractivity contribution < 1.29 is 9.53 Å². The van der Waals surface area contributed by atoms with Crippen molar-refractivity contribution in [1.82, 2.24) is 25.5 Å². The van der Waals surface area contributed by atoms with Gasteiger partial charge < -0.3 is 10.1 Å². The quantitative estimate of drug-likeness (QED) is 0.895. The Morgan fingerprint density at radius 3 is 2.95 bits per heavy atom. The van der Waals surface area contributed by atoms with Crippen LogP contribution < -0.4 is 5.32 Å². The number of fused-ring (bicyclic) bond motifs is 1. The highest BCUT2D eigenvalue weighted by molar-refractivity contribution is 5.94. The molecule has 0 unspecified atom stereocenters. The molecule has 7 nitrogen and oxygen atoms in total. The smallest absolute Gasteiger partial charge is 0.272 e. The maximum atomic E-state index is 12.3. The third kappa shape index (κ3) is 2.85.